The van der Waals surface area contributed by atoms with E-state index in [1.54, 1.807) is 6.20 Å². The molecular formula is C22H30N6O. The third-order valence-corrected chi connectivity index (χ3v) is 5.61. The van der Waals surface area contributed by atoms with E-state index in [9.17, 15) is 0 Å². The molecule has 0 radical (unpaired) electrons. The molecule has 3 aromatic rings. The number of ether oxygens (including phenoxy) is 1. The van der Waals surface area contributed by atoms with Crippen molar-refractivity contribution in [1.29, 1.82) is 0 Å². The van der Waals surface area contributed by atoms with E-state index >= 15 is 0 Å². The fourth-order valence-electron chi connectivity index (χ4n) is 3.79. The summed E-state index contributed by atoms with van der Waals surface area (Å²) in [6, 6.07) is 7.65. The smallest absolute Gasteiger partial charge is 0.320 e. The Bertz CT molecular complexity index is 996. The van der Waals surface area contributed by atoms with Gasteiger partial charge in [-0.15, -0.1) is 0 Å². The molecule has 154 valence electrons. The lowest BCUT2D eigenvalue weighted by Gasteiger charge is -2.32. The molecule has 0 saturated heterocycles. The maximum Gasteiger partial charge on any atom is 0.320 e. The predicted octanol–water partition coefficient (Wildman–Crippen LogP) is 3.40. The molecule has 0 atom stereocenters. The Balaban J connectivity index is 1.59. The van der Waals surface area contributed by atoms with E-state index in [0.29, 0.717) is 36.7 Å². The van der Waals surface area contributed by atoms with Gasteiger partial charge in [0.1, 0.15) is 5.82 Å². The van der Waals surface area contributed by atoms with Crippen molar-refractivity contribution in [2.75, 3.05) is 18.9 Å². The molecule has 3 heterocycles. The Morgan fingerprint density at radius 1 is 1.21 bits per heavy atom. The second-order valence-electron chi connectivity index (χ2n) is 8.05. The molecule has 7 heteroatoms. The zero-order chi connectivity index (χ0) is 20.4. The summed E-state index contributed by atoms with van der Waals surface area (Å²) in [6.07, 6.45) is 4.87. The van der Waals surface area contributed by atoms with Crippen LogP contribution in [0.2, 0.25) is 0 Å². The highest BCUT2D eigenvalue weighted by atomic mass is 16.5. The minimum Gasteiger partial charge on any atom is -0.463 e. The number of fused-ring (bicyclic) bond motifs is 2. The molecule has 2 N–H and O–H groups in total. The van der Waals surface area contributed by atoms with E-state index in [-0.39, 0.29) is 0 Å². The topological polar surface area (TPSA) is 82.1 Å². The molecular weight excluding hydrogens is 364 g/mol. The molecule has 0 bridgehead atoms. The molecule has 0 aliphatic carbocycles. The summed E-state index contributed by atoms with van der Waals surface area (Å²) >= 11 is 0. The maximum atomic E-state index is 6.11. The van der Waals surface area contributed by atoms with Gasteiger partial charge in [0.05, 0.1) is 24.7 Å². The van der Waals surface area contributed by atoms with Crippen molar-refractivity contribution >= 4 is 16.9 Å². The molecule has 29 heavy (non-hydrogen) atoms. The van der Waals surface area contributed by atoms with Crippen molar-refractivity contribution in [1.82, 2.24) is 24.6 Å². The zero-order valence-electron chi connectivity index (χ0n) is 17.6. The molecule has 1 aliphatic heterocycles. The summed E-state index contributed by atoms with van der Waals surface area (Å²) in [5.41, 5.74) is 10.9. The van der Waals surface area contributed by atoms with Crippen LogP contribution in [0.25, 0.3) is 11.0 Å². The molecule has 1 aromatic carbocycles. The predicted molar refractivity (Wildman–Crippen MR) is 115 cm³/mol. The Morgan fingerprint density at radius 2 is 2.07 bits per heavy atom. The second-order valence-corrected chi connectivity index (χ2v) is 8.05. The van der Waals surface area contributed by atoms with Crippen LogP contribution in [0, 0.1) is 0 Å². The number of benzene rings is 1. The highest BCUT2D eigenvalue weighted by molar-refractivity contribution is 5.85. The van der Waals surface area contributed by atoms with E-state index in [1.165, 1.54) is 16.7 Å². The summed E-state index contributed by atoms with van der Waals surface area (Å²) in [4.78, 5) is 11.3. The number of unbranched alkanes of at least 4 members (excludes halogenated alkanes) is 1. The monoisotopic (exact) mass is 394 g/mol. The minimum atomic E-state index is 0.322. The third kappa shape index (κ3) is 4.19. The lowest BCUT2D eigenvalue weighted by molar-refractivity contribution is 0.203. The van der Waals surface area contributed by atoms with E-state index in [1.807, 2.05) is 4.68 Å². The van der Waals surface area contributed by atoms with Crippen molar-refractivity contribution in [3.63, 3.8) is 0 Å². The second kappa shape index (κ2) is 8.37. The van der Waals surface area contributed by atoms with Crippen molar-refractivity contribution in [3.8, 4) is 6.01 Å². The van der Waals surface area contributed by atoms with Crippen molar-refractivity contribution < 1.29 is 4.74 Å². The van der Waals surface area contributed by atoms with Crippen LogP contribution in [-0.2, 0) is 19.5 Å². The summed E-state index contributed by atoms with van der Waals surface area (Å²) in [5, 5.41) is 5.27. The Hall–Kier alpha value is -2.67. The van der Waals surface area contributed by atoms with Gasteiger partial charge in [-0.3, -0.25) is 4.90 Å². The summed E-state index contributed by atoms with van der Waals surface area (Å²) in [7, 11) is 0. The minimum absolute atomic E-state index is 0.322. The third-order valence-electron chi connectivity index (χ3n) is 5.61. The van der Waals surface area contributed by atoms with Gasteiger partial charge in [0, 0.05) is 19.1 Å². The molecule has 0 spiro atoms. The Labute approximate surface area is 171 Å². The molecule has 4 rings (SSSR count). The number of nitrogen functional groups attached to an aromatic ring is 1. The first-order chi connectivity index (χ1) is 14.0. The van der Waals surface area contributed by atoms with Crippen LogP contribution < -0.4 is 10.5 Å². The number of aromatic nitrogens is 4. The average Bonchev–Trinajstić information content (AvgIpc) is 3.11. The van der Waals surface area contributed by atoms with E-state index in [2.05, 4.69) is 58.9 Å². The van der Waals surface area contributed by atoms with Crippen LogP contribution in [0.3, 0.4) is 0 Å². The lowest BCUT2D eigenvalue weighted by Crippen LogP contribution is -2.35. The van der Waals surface area contributed by atoms with Gasteiger partial charge in [-0.05, 0) is 43.4 Å². The molecule has 7 nitrogen and oxygen atoms in total. The normalized spacial score (nSPS) is 14.5. The number of rotatable bonds is 7. The SMILES string of the molecule is CCCCOc1nc(N)c2cnn(Cc3ccc4c(c3)CN(C(C)C)CC4)c2n1. The maximum absolute atomic E-state index is 6.11. The zero-order valence-corrected chi connectivity index (χ0v) is 17.6. The van der Waals surface area contributed by atoms with Gasteiger partial charge < -0.3 is 10.5 Å². The Morgan fingerprint density at radius 3 is 2.86 bits per heavy atom. The fourth-order valence-corrected chi connectivity index (χ4v) is 3.79. The van der Waals surface area contributed by atoms with Gasteiger partial charge in [0.15, 0.2) is 5.65 Å². The molecule has 0 amide bonds. The van der Waals surface area contributed by atoms with Gasteiger partial charge in [-0.1, -0.05) is 31.5 Å². The van der Waals surface area contributed by atoms with E-state index < -0.39 is 0 Å². The van der Waals surface area contributed by atoms with Crippen LogP contribution >= 0.6 is 0 Å². The summed E-state index contributed by atoms with van der Waals surface area (Å²) in [6.45, 7) is 10.0. The number of hydrogen-bond acceptors (Lipinski definition) is 6. The quantitative estimate of drug-likeness (QED) is 0.619. The van der Waals surface area contributed by atoms with Gasteiger partial charge in [-0.25, -0.2) is 4.68 Å². The number of nitrogens with zero attached hydrogens (tertiary/aromatic N) is 5. The number of anilines is 1. The largest absolute Gasteiger partial charge is 0.463 e. The molecule has 1 aliphatic rings. The fraction of sp³-hybridized carbons (Fsp3) is 0.500. The molecule has 2 aromatic heterocycles. The molecule has 0 saturated carbocycles. The first-order valence-electron chi connectivity index (χ1n) is 10.5. The van der Waals surface area contributed by atoms with Crippen LogP contribution in [0.15, 0.2) is 24.4 Å². The highest BCUT2D eigenvalue weighted by Gasteiger charge is 2.19. The van der Waals surface area contributed by atoms with Gasteiger partial charge in [-0.2, -0.15) is 15.1 Å². The lowest BCUT2D eigenvalue weighted by atomic mass is 9.96. The van der Waals surface area contributed by atoms with Crippen LogP contribution in [-0.4, -0.2) is 43.8 Å². The van der Waals surface area contributed by atoms with Gasteiger partial charge in [0.25, 0.3) is 0 Å². The summed E-state index contributed by atoms with van der Waals surface area (Å²) < 4.78 is 7.55. The van der Waals surface area contributed by atoms with Crippen molar-refractivity contribution in [2.45, 2.75) is 59.2 Å². The van der Waals surface area contributed by atoms with E-state index in [0.717, 1.165) is 37.7 Å². The summed E-state index contributed by atoms with van der Waals surface area (Å²) in [5.74, 6) is 0.408. The van der Waals surface area contributed by atoms with Gasteiger partial charge >= 0.3 is 6.01 Å². The average molecular weight is 395 g/mol. The van der Waals surface area contributed by atoms with E-state index in [4.69, 9.17) is 10.5 Å². The van der Waals surface area contributed by atoms with Crippen LogP contribution in [0.4, 0.5) is 5.82 Å². The Kier molecular flexibility index (Phi) is 5.67. The molecule has 0 fully saturated rings. The first-order valence-corrected chi connectivity index (χ1v) is 10.5. The highest BCUT2D eigenvalue weighted by Crippen LogP contribution is 2.24. The van der Waals surface area contributed by atoms with Crippen molar-refractivity contribution in [2.24, 2.45) is 0 Å². The molecule has 0 unspecified atom stereocenters. The number of hydrogen-bond donors (Lipinski definition) is 1. The van der Waals surface area contributed by atoms with Gasteiger partial charge in [0.2, 0.25) is 0 Å². The van der Waals surface area contributed by atoms with Crippen molar-refractivity contribution in [3.05, 3.63) is 41.1 Å². The first kappa shape index (κ1) is 19.6. The van der Waals surface area contributed by atoms with Crippen LogP contribution in [0.5, 0.6) is 6.01 Å². The standard InChI is InChI=1S/C22H30N6O/c1-4-5-10-29-22-25-20(23)19-12-24-28(21(19)26-22)13-16-6-7-17-8-9-27(15(2)3)14-18(17)11-16/h6-7,11-12,15H,4-5,8-10,13-14H2,1-3H3,(H2,23,25,26). The van der Waals surface area contributed by atoms with Crippen LogP contribution in [0.1, 0.15) is 50.3 Å². The number of nitrogens with two attached hydrogens (primary N) is 1.